The van der Waals surface area contributed by atoms with E-state index in [-0.39, 0.29) is 5.75 Å². The number of aryl methyl sites for hydroxylation is 1. The van der Waals surface area contributed by atoms with Gasteiger partial charge in [0.2, 0.25) is 0 Å². The number of halogens is 3. The van der Waals surface area contributed by atoms with Gasteiger partial charge in [-0.3, -0.25) is 9.97 Å². The van der Waals surface area contributed by atoms with Crippen molar-refractivity contribution in [3.8, 4) is 5.75 Å². The SMILES string of the molecule is FC(F)(F)Oc1ccc2ccc3c(c2c1)CCC1=C3C=CCC1.c1cnc2ccncc2c1. The lowest BCUT2D eigenvalue weighted by atomic mass is 9.79. The Labute approximate surface area is 189 Å². The fraction of sp³-hybridized carbons (Fsp3) is 0.185. The van der Waals surface area contributed by atoms with Gasteiger partial charge in [0, 0.05) is 24.0 Å². The minimum Gasteiger partial charge on any atom is -0.406 e. The largest absolute Gasteiger partial charge is 0.573 e. The van der Waals surface area contributed by atoms with E-state index >= 15 is 0 Å². The van der Waals surface area contributed by atoms with Crippen molar-refractivity contribution < 1.29 is 17.9 Å². The van der Waals surface area contributed by atoms with E-state index in [2.05, 4.69) is 32.9 Å². The Morgan fingerprint density at radius 3 is 2.61 bits per heavy atom. The third-order valence-corrected chi connectivity index (χ3v) is 5.99. The highest BCUT2D eigenvalue weighted by Crippen LogP contribution is 2.40. The number of alkyl halides is 3. The zero-order valence-corrected chi connectivity index (χ0v) is 17.8. The number of pyridine rings is 2. The molecule has 4 aromatic rings. The number of ether oxygens (including phenoxy) is 1. The zero-order chi connectivity index (χ0) is 22.8. The quantitative estimate of drug-likeness (QED) is 0.305. The van der Waals surface area contributed by atoms with E-state index in [1.54, 1.807) is 18.5 Å². The fourth-order valence-electron chi connectivity index (χ4n) is 4.52. The van der Waals surface area contributed by atoms with E-state index in [1.807, 2.05) is 30.5 Å². The van der Waals surface area contributed by atoms with Crippen LogP contribution in [0.5, 0.6) is 5.75 Å². The van der Waals surface area contributed by atoms with Crippen molar-refractivity contribution in [1.29, 1.82) is 0 Å². The van der Waals surface area contributed by atoms with Crippen molar-refractivity contribution in [3.63, 3.8) is 0 Å². The van der Waals surface area contributed by atoms with Gasteiger partial charge in [0.05, 0.1) is 5.52 Å². The van der Waals surface area contributed by atoms with Gasteiger partial charge in [-0.05, 0) is 83.5 Å². The van der Waals surface area contributed by atoms with Crippen molar-refractivity contribution in [3.05, 3.63) is 96.0 Å². The van der Waals surface area contributed by atoms with Crippen molar-refractivity contribution in [2.45, 2.75) is 32.0 Å². The standard InChI is InChI=1S/C19H15F3O.C8H6N2/c20-19(21,22)23-14-8-5-13-7-9-16-15-4-2-1-3-12(15)6-10-17(16)18(13)11-14;1-2-7-6-9-5-3-8(7)10-4-1/h2,4-5,7-9,11H,1,3,6,10H2;1-6H. The number of aromatic nitrogens is 2. The summed E-state index contributed by atoms with van der Waals surface area (Å²) in [7, 11) is 0. The van der Waals surface area contributed by atoms with Gasteiger partial charge in [0.1, 0.15) is 5.75 Å². The van der Waals surface area contributed by atoms with Gasteiger partial charge in [-0.25, -0.2) is 0 Å². The predicted molar refractivity (Wildman–Crippen MR) is 124 cm³/mol. The maximum atomic E-state index is 12.5. The maximum absolute atomic E-state index is 12.5. The van der Waals surface area contributed by atoms with Crippen molar-refractivity contribution in [1.82, 2.24) is 9.97 Å². The average molecular weight is 446 g/mol. The molecule has 0 fully saturated rings. The normalized spacial score (nSPS) is 15.0. The molecule has 2 aliphatic carbocycles. The first-order valence-electron chi connectivity index (χ1n) is 10.8. The first kappa shape index (κ1) is 21.2. The number of fused-ring (bicyclic) bond motifs is 5. The van der Waals surface area contributed by atoms with E-state index in [1.165, 1.54) is 23.3 Å². The number of benzene rings is 2. The fourth-order valence-corrected chi connectivity index (χ4v) is 4.52. The van der Waals surface area contributed by atoms with Crippen LogP contribution in [0.1, 0.15) is 30.4 Å². The van der Waals surface area contributed by atoms with E-state index in [9.17, 15) is 13.2 Å². The number of rotatable bonds is 1. The minimum atomic E-state index is -4.66. The van der Waals surface area contributed by atoms with Crippen LogP contribution in [-0.4, -0.2) is 16.3 Å². The summed E-state index contributed by atoms with van der Waals surface area (Å²) >= 11 is 0. The van der Waals surface area contributed by atoms with Crippen LogP contribution in [-0.2, 0) is 6.42 Å². The van der Waals surface area contributed by atoms with E-state index in [0.29, 0.717) is 0 Å². The molecule has 2 aromatic carbocycles. The number of hydrogen-bond acceptors (Lipinski definition) is 3. The van der Waals surface area contributed by atoms with Gasteiger partial charge >= 0.3 is 6.36 Å². The summed E-state index contributed by atoms with van der Waals surface area (Å²) in [4.78, 5) is 8.11. The highest BCUT2D eigenvalue weighted by Gasteiger charge is 2.31. The molecule has 0 radical (unpaired) electrons. The van der Waals surface area contributed by atoms with Crippen LogP contribution in [0.2, 0.25) is 0 Å². The molecule has 0 saturated heterocycles. The molecule has 2 heterocycles. The van der Waals surface area contributed by atoms with E-state index < -0.39 is 6.36 Å². The molecule has 0 bridgehead atoms. The molecule has 0 atom stereocenters. The third-order valence-electron chi connectivity index (χ3n) is 5.99. The van der Waals surface area contributed by atoms with Crippen LogP contribution >= 0.6 is 0 Å². The molecule has 33 heavy (non-hydrogen) atoms. The summed E-state index contributed by atoms with van der Waals surface area (Å²) in [5.74, 6) is -0.155. The van der Waals surface area contributed by atoms with Crippen molar-refractivity contribution in [2.75, 3.05) is 0 Å². The van der Waals surface area contributed by atoms with Crippen LogP contribution in [0.15, 0.2) is 84.8 Å². The molecule has 166 valence electrons. The van der Waals surface area contributed by atoms with Crippen LogP contribution < -0.4 is 4.74 Å². The van der Waals surface area contributed by atoms with Gasteiger partial charge in [0.15, 0.2) is 0 Å². The first-order valence-corrected chi connectivity index (χ1v) is 10.8. The molecule has 0 saturated carbocycles. The smallest absolute Gasteiger partial charge is 0.406 e. The molecule has 0 N–H and O–H groups in total. The summed E-state index contributed by atoms with van der Waals surface area (Å²) in [5, 5.41) is 2.89. The molecule has 6 heteroatoms. The average Bonchev–Trinajstić information content (AvgIpc) is 2.83. The lowest BCUT2D eigenvalue weighted by molar-refractivity contribution is -0.274. The molecule has 0 unspecified atom stereocenters. The Hall–Kier alpha value is -3.67. The van der Waals surface area contributed by atoms with Crippen LogP contribution in [0.25, 0.3) is 27.2 Å². The van der Waals surface area contributed by atoms with Gasteiger partial charge in [-0.1, -0.05) is 35.9 Å². The molecule has 0 spiro atoms. The lowest BCUT2D eigenvalue weighted by Crippen LogP contribution is -2.17. The molecule has 0 aliphatic heterocycles. The highest BCUT2D eigenvalue weighted by molar-refractivity contribution is 5.94. The molecule has 6 rings (SSSR count). The molecular formula is C27H21F3N2O. The van der Waals surface area contributed by atoms with E-state index in [0.717, 1.165) is 58.5 Å². The van der Waals surface area contributed by atoms with Crippen molar-refractivity contribution >= 4 is 27.2 Å². The van der Waals surface area contributed by atoms with Crippen LogP contribution in [0.4, 0.5) is 13.2 Å². The maximum Gasteiger partial charge on any atom is 0.573 e. The second-order valence-corrected chi connectivity index (χ2v) is 8.05. The molecule has 0 amide bonds. The molecule has 3 nitrogen and oxygen atoms in total. The summed E-state index contributed by atoms with van der Waals surface area (Å²) in [6.07, 6.45) is 9.00. The second kappa shape index (κ2) is 8.70. The zero-order valence-electron chi connectivity index (χ0n) is 17.8. The van der Waals surface area contributed by atoms with Gasteiger partial charge < -0.3 is 4.74 Å². The topological polar surface area (TPSA) is 35.0 Å². The van der Waals surface area contributed by atoms with Gasteiger partial charge in [-0.15, -0.1) is 13.2 Å². The molecule has 2 aliphatic rings. The first-order chi connectivity index (χ1) is 16.0. The van der Waals surface area contributed by atoms with E-state index in [4.69, 9.17) is 0 Å². The van der Waals surface area contributed by atoms with Crippen LogP contribution in [0, 0.1) is 0 Å². The molecule has 2 aromatic heterocycles. The summed E-state index contributed by atoms with van der Waals surface area (Å²) in [6, 6.07) is 14.4. The lowest BCUT2D eigenvalue weighted by Gasteiger charge is -2.25. The van der Waals surface area contributed by atoms with Crippen molar-refractivity contribution in [2.24, 2.45) is 0 Å². The van der Waals surface area contributed by atoms with Gasteiger partial charge in [0.25, 0.3) is 0 Å². The second-order valence-electron chi connectivity index (χ2n) is 8.05. The highest BCUT2D eigenvalue weighted by atomic mass is 19.4. The Bertz CT molecular complexity index is 1320. The Balaban J connectivity index is 0.000000190. The minimum absolute atomic E-state index is 0.155. The van der Waals surface area contributed by atoms with Crippen LogP contribution in [0.3, 0.4) is 0 Å². The summed E-state index contributed by atoms with van der Waals surface area (Å²) in [5.41, 5.74) is 5.99. The number of hydrogen-bond donors (Lipinski definition) is 0. The Morgan fingerprint density at radius 2 is 1.76 bits per heavy atom. The molecular weight excluding hydrogens is 425 g/mol. The summed E-state index contributed by atoms with van der Waals surface area (Å²) in [6.45, 7) is 0. The Kier molecular flexibility index (Phi) is 5.58. The number of allylic oxidation sites excluding steroid dienone is 4. The monoisotopic (exact) mass is 446 g/mol. The number of nitrogens with zero attached hydrogens (tertiary/aromatic N) is 2. The Morgan fingerprint density at radius 1 is 0.879 bits per heavy atom. The summed E-state index contributed by atoms with van der Waals surface area (Å²) < 4.78 is 41.5. The van der Waals surface area contributed by atoms with Gasteiger partial charge in [-0.2, -0.15) is 0 Å². The predicted octanol–water partition coefficient (Wildman–Crippen LogP) is 7.42. The third kappa shape index (κ3) is 4.60.